The van der Waals surface area contributed by atoms with Gasteiger partial charge in [0, 0.05) is 23.4 Å². The van der Waals surface area contributed by atoms with Gasteiger partial charge in [0.1, 0.15) is 11.3 Å². The van der Waals surface area contributed by atoms with E-state index in [1.54, 1.807) is 12.4 Å². The minimum atomic E-state index is 0.654. The van der Waals surface area contributed by atoms with Crippen LogP contribution in [-0.4, -0.2) is 15.0 Å². The van der Waals surface area contributed by atoms with Gasteiger partial charge in [0.2, 0.25) is 0 Å². The molecule has 1 aromatic carbocycles. The van der Waals surface area contributed by atoms with Crippen LogP contribution >= 0.6 is 15.9 Å². The number of rotatable bonds is 3. The van der Waals surface area contributed by atoms with Crippen molar-refractivity contribution in [3.05, 3.63) is 58.8 Å². The molecule has 0 aliphatic carbocycles. The molecule has 2 heterocycles. The summed E-state index contributed by atoms with van der Waals surface area (Å²) in [6.07, 6.45) is 3.31. The van der Waals surface area contributed by atoms with Gasteiger partial charge in [-0.1, -0.05) is 28.1 Å². The van der Waals surface area contributed by atoms with E-state index in [2.05, 4.69) is 48.3 Å². The molecule has 3 rings (SSSR count). The second kappa shape index (κ2) is 5.32. The summed E-state index contributed by atoms with van der Waals surface area (Å²) in [6, 6.07) is 12.0. The first kappa shape index (κ1) is 12.0. The van der Waals surface area contributed by atoms with E-state index >= 15 is 0 Å². The fraction of sp³-hybridized carbons (Fsp3) is 0.0714. The van der Waals surface area contributed by atoms with E-state index < -0.39 is 0 Å². The zero-order valence-electron chi connectivity index (χ0n) is 10.0. The van der Waals surface area contributed by atoms with Gasteiger partial charge >= 0.3 is 0 Å². The van der Waals surface area contributed by atoms with E-state index in [1.807, 2.05) is 24.3 Å². The summed E-state index contributed by atoms with van der Waals surface area (Å²) in [5.41, 5.74) is 2.65. The maximum Gasteiger partial charge on any atom is 0.180 e. The molecule has 0 aliphatic rings. The number of fused-ring (bicyclic) bond motifs is 1. The highest BCUT2D eigenvalue weighted by molar-refractivity contribution is 9.10. The molecular weight excluding hydrogens is 304 g/mol. The van der Waals surface area contributed by atoms with Crippen molar-refractivity contribution in [2.45, 2.75) is 6.54 Å². The number of halogens is 1. The molecule has 0 amide bonds. The van der Waals surface area contributed by atoms with Crippen molar-refractivity contribution in [2.24, 2.45) is 0 Å². The summed E-state index contributed by atoms with van der Waals surface area (Å²) in [5, 5.41) is 3.28. The third-order valence-electron chi connectivity index (χ3n) is 2.69. The molecule has 3 aromatic rings. The molecule has 0 bridgehead atoms. The van der Waals surface area contributed by atoms with Crippen molar-refractivity contribution in [3.8, 4) is 0 Å². The number of aromatic nitrogens is 3. The van der Waals surface area contributed by atoms with Gasteiger partial charge in [-0.05, 0) is 29.8 Å². The average molecular weight is 315 g/mol. The zero-order chi connectivity index (χ0) is 13.1. The van der Waals surface area contributed by atoms with Crippen LogP contribution in [0.1, 0.15) is 5.56 Å². The van der Waals surface area contributed by atoms with Gasteiger partial charge in [-0.25, -0.2) is 9.97 Å². The number of anilines is 1. The topological polar surface area (TPSA) is 50.7 Å². The van der Waals surface area contributed by atoms with Crippen LogP contribution in [0.2, 0.25) is 0 Å². The van der Waals surface area contributed by atoms with Crippen molar-refractivity contribution in [1.82, 2.24) is 15.0 Å². The van der Waals surface area contributed by atoms with E-state index in [0.717, 1.165) is 22.4 Å². The Bertz CT molecular complexity index is 714. The molecule has 0 unspecified atom stereocenters. The summed E-state index contributed by atoms with van der Waals surface area (Å²) in [4.78, 5) is 12.8. The predicted molar refractivity (Wildman–Crippen MR) is 78.8 cm³/mol. The number of hydrogen-bond donors (Lipinski definition) is 1. The lowest BCUT2D eigenvalue weighted by molar-refractivity contribution is 1.11. The Morgan fingerprint density at radius 2 is 1.95 bits per heavy atom. The van der Waals surface area contributed by atoms with Crippen molar-refractivity contribution < 1.29 is 0 Å². The third kappa shape index (κ3) is 2.88. The first-order valence-corrected chi connectivity index (χ1v) is 6.67. The highest BCUT2D eigenvalue weighted by atomic mass is 79.9. The maximum absolute atomic E-state index is 4.42. The SMILES string of the molecule is Brc1cccc(CNc2ccc3nccnc3n2)c1. The van der Waals surface area contributed by atoms with E-state index in [1.165, 1.54) is 5.56 Å². The first-order chi connectivity index (χ1) is 9.31. The van der Waals surface area contributed by atoms with E-state index in [-0.39, 0.29) is 0 Å². The number of pyridine rings is 1. The maximum atomic E-state index is 4.42. The smallest absolute Gasteiger partial charge is 0.180 e. The molecule has 0 spiro atoms. The number of nitrogens with one attached hydrogen (secondary N) is 1. The van der Waals surface area contributed by atoms with Gasteiger partial charge < -0.3 is 5.32 Å². The predicted octanol–water partition coefficient (Wildman–Crippen LogP) is 3.40. The minimum absolute atomic E-state index is 0.654. The Morgan fingerprint density at radius 1 is 1.05 bits per heavy atom. The molecule has 0 saturated heterocycles. The molecule has 2 aromatic heterocycles. The molecular formula is C14H11BrN4. The summed E-state index contributed by atoms with van der Waals surface area (Å²) >= 11 is 3.46. The zero-order valence-corrected chi connectivity index (χ0v) is 11.6. The Hall–Kier alpha value is -2.01. The van der Waals surface area contributed by atoms with Gasteiger partial charge in [-0.2, -0.15) is 0 Å². The number of hydrogen-bond acceptors (Lipinski definition) is 4. The van der Waals surface area contributed by atoms with Gasteiger partial charge in [0.15, 0.2) is 5.65 Å². The molecule has 94 valence electrons. The van der Waals surface area contributed by atoms with E-state index in [9.17, 15) is 0 Å². The van der Waals surface area contributed by atoms with Crippen molar-refractivity contribution in [1.29, 1.82) is 0 Å². The van der Waals surface area contributed by atoms with Gasteiger partial charge in [-0.15, -0.1) is 0 Å². The largest absolute Gasteiger partial charge is 0.366 e. The van der Waals surface area contributed by atoms with Crippen LogP contribution in [0.5, 0.6) is 0 Å². The lowest BCUT2D eigenvalue weighted by Gasteiger charge is -2.06. The van der Waals surface area contributed by atoms with Crippen LogP contribution in [0.15, 0.2) is 53.3 Å². The van der Waals surface area contributed by atoms with E-state index in [4.69, 9.17) is 0 Å². The monoisotopic (exact) mass is 314 g/mol. The second-order valence-corrected chi connectivity index (χ2v) is 4.99. The van der Waals surface area contributed by atoms with Crippen LogP contribution < -0.4 is 5.32 Å². The first-order valence-electron chi connectivity index (χ1n) is 5.87. The number of nitrogens with zero attached hydrogens (tertiary/aromatic N) is 3. The van der Waals surface area contributed by atoms with Crippen molar-refractivity contribution in [3.63, 3.8) is 0 Å². The molecule has 0 radical (unpaired) electrons. The lowest BCUT2D eigenvalue weighted by atomic mass is 10.2. The molecule has 0 aliphatic heterocycles. The Kier molecular flexibility index (Phi) is 3.37. The third-order valence-corrected chi connectivity index (χ3v) is 3.19. The number of benzene rings is 1. The van der Waals surface area contributed by atoms with Crippen LogP contribution in [0.25, 0.3) is 11.2 Å². The van der Waals surface area contributed by atoms with Crippen LogP contribution in [0, 0.1) is 0 Å². The minimum Gasteiger partial charge on any atom is -0.366 e. The quantitative estimate of drug-likeness (QED) is 0.805. The molecule has 4 nitrogen and oxygen atoms in total. The van der Waals surface area contributed by atoms with Crippen LogP contribution in [-0.2, 0) is 6.54 Å². The lowest BCUT2D eigenvalue weighted by Crippen LogP contribution is -2.01. The Balaban J connectivity index is 1.78. The molecule has 0 fully saturated rings. The molecule has 0 saturated carbocycles. The normalized spacial score (nSPS) is 10.6. The van der Waals surface area contributed by atoms with Crippen LogP contribution in [0.3, 0.4) is 0 Å². The van der Waals surface area contributed by atoms with Gasteiger partial charge in [-0.3, -0.25) is 4.98 Å². The second-order valence-electron chi connectivity index (χ2n) is 4.08. The average Bonchev–Trinajstić information content (AvgIpc) is 2.45. The summed E-state index contributed by atoms with van der Waals surface area (Å²) in [7, 11) is 0. The Labute approximate surface area is 119 Å². The van der Waals surface area contributed by atoms with E-state index in [0.29, 0.717) is 5.65 Å². The molecule has 0 atom stereocenters. The molecule has 1 N–H and O–H groups in total. The van der Waals surface area contributed by atoms with Gasteiger partial charge in [0.25, 0.3) is 0 Å². The molecule has 5 heteroatoms. The summed E-state index contributed by atoms with van der Waals surface area (Å²) in [5.74, 6) is 0.799. The highest BCUT2D eigenvalue weighted by Crippen LogP contribution is 2.14. The molecule has 19 heavy (non-hydrogen) atoms. The fourth-order valence-corrected chi connectivity index (χ4v) is 2.24. The summed E-state index contributed by atoms with van der Waals surface area (Å²) < 4.78 is 1.07. The fourth-order valence-electron chi connectivity index (χ4n) is 1.79. The standard InChI is InChI=1S/C14H11BrN4/c15-11-3-1-2-10(8-11)9-18-13-5-4-12-14(19-13)17-7-6-16-12/h1-8H,9H2,(H,17,18,19). The van der Waals surface area contributed by atoms with Crippen molar-refractivity contribution >= 4 is 32.9 Å². The highest BCUT2D eigenvalue weighted by Gasteiger charge is 2.00. The van der Waals surface area contributed by atoms with Crippen molar-refractivity contribution in [2.75, 3.05) is 5.32 Å². The van der Waals surface area contributed by atoms with Crippen LogP contribution in [0.4, 0.5) is 5.82 Å². The van der Waals surface area contributed by atoms with Gasteiger partial charge in [0.05, 0.1) is 0 Å². The Morgan fingerprint density at radius 3 is 2.84 bits per heavy atom. The summed E-state index contributed by atoms with van der Waals surface area (Å²) in [6.45, 7) is 0.720.